The number of hydrogen-bond donors (Lipinski definition) is 1. The highest BCUT2D eigenvalue weighted by Gasteiger charge is 2.26. The summed E-state index contributed by atoms with van der Waals surface area (Å²) in [4.78, 5) is 21.4. The monoisotopic (exact) mass is 270 g/mol. The molecule has 1 N–H and O–H groups in total. The molecule has 1 aromatic carbocycles. The molecule has 0 spiro atoms. The molecular weight excluding hydrogens is 260 g/mol. The summed E-state index contributed by atoms with van der Waals surface area (Å²) >= 11 is 5.02. The van der Waals surface area contributed by atoms with Crippen molar-refractivity contribution in [2.75, 3.05) is 7.05 Å². The van der Waals surface area contributed by atoms with Crippen molar-refractivity contribution in [3.05, 3.63) is 42.0 Å². The lowest BCUT2D eigenvalue weighted by Crippen LogP contribution is -2.25. The fourth-order valence-corrected chi connectivity index (χ4v) is 2.08. The molecule has 1 aromatic heterocycles. The molecule has 0 atom stereocenters. The molecule has 5 nitrogen and oxygen atoms in total. The van der Waals surface area contributed by atoms with Gasteiger partial charge in [0.25, 0.3) is 5.91 Å². The molecule has 19 heavy (non-hydrogen) atoms. The Morgan fingerprint density at radius 2 is 2.26 bits per heavy atom. The van der Waals surface area contributed by atoms with Gasteiger partial charge < -0.3 is 5.32 Å². The van der Waals surface area contributed by atoms with E-state index >= 15 is 0 Å². The Morgan fingerprint density at radius 3 is 3.00 bits per heavy atom. The van der Waals surface area contributed by atoms with Crippen LogP contribution in [-0.2, 0) is 4.79 Å². The van der Waals surface area contributed by atoms with Gasteiger partial charge in [-0.1, -0.05) is 6.07 Å². The third kappa shape index (κ3) is 2.06. The average molecular weight is 270 g/mol. The van der Waals surface area contributed by atoms with E-state index in [4.69, 9.17) is 12.2 Å². The first-order chi connectivity index (χ1) is 9.15. The smallest absolute Gasteiger partial charge is 0.276 e. The minimum Gasteiger partial charge on any atom is -0.328 e. The van der Waals surface area contributed by atoms with Crippen molar-refractivity contribution < 1.29 is 4.79 Å². The van der Waals surface area contributed by atoms with Crippen molar-refractivity contribution in [2.24, 2.45) is 0 Å². The van der Waals surface area contributed by atoms with E-state index < -0.39 is 0 Å². The van der Waals surface area contributed by atoms with Crippen LogP contribution >= 0.6 is 12.2 Å². The SMILES string of the molecule is CN1C(=O)/C(=C/c2ccc3ncncc3c2)NC1=S. The van der Waals surface area contributed by atoms with E-state index in [0.717, 1.165) is 16.5 Å². The molecule has 0 saturated carbocycles. The van der Waals surface area contributed by atoms with Gasteiger partial charge in [0.05, 0.1) is 5.52 Å². The fraction of sp³-hybridized carbons (Fsp3) is 0.0769. The second kappa shape index (κ2) is 4.40. The highest BCUT2D eigenvalue weighted by molar-refractivity contribution is 7.80. The van der Waals surface area contributed by atoms with E-state index in [1.165, 1.54) is 11.2 Å². The number of likely N-dealkylation sites (N-methyl/N-ethyl adjacent to an activating group) is 1. The summed E-state index contributed by atoms with van der Waals surface area (Å²) in [6.07, 6.45) is 5.02. The molecule has 0 radical (unpaired) electrons. The normalized spacial score (nSPS) is 17.3. The van der Waals surface area contributed by atoms with Crippen LogP contribution in [0.3, 0.4) is 0 Å². The molecule has 1 fully saturated rings. The summed E-state index contributed by atoms with van der Waals surface area (Å²) in [5, 5.41) is 4.23. The second-order valence-corrected chi connectivity index (χ2v) is 4.58. The minimum absolute atomic E-state index is 0.130. The van der Waals surface area contributed by atoms with Crippen molar-refractivity contribution in [3.63, 3.8) is 0 Å². The maximum Gasteiger partial charge on any atom is 0.276 e. The van der Waals surface area contributed by atoms with Crippen molar-refractivity contribution in [1.29, 1.82) is 0 Å². The molecule has 0 aliphatic carbocycles. The van der Waals surface area contributed by atoms with Gasteiger partial charge in [0.2, 0.25) is 0 Å². The van der Waals surface area contributed by atoms with Crippen LogP contribution in [0.4, 0.5) is 0 Å². The number of nitrogens with one attached hydrogen (secondary N) is 1. The number of nitrogens with zero attached hydrogens (tertiary/aromatic N) is 3. The van der Waals surface area contributed by atoms with E-state index in [1.807, 2.05) is 18.2 Å². The molecule has 94 valence electrons. The number of rotatable bonds is 1. The summed E-state index contributed by atoms with van der Waals surface area (Å²) in [7, 11) is 1.65. The molecule has 1 aliphatic rings. The predicted molar refractivity (Wildman–Crippen MR) is 76.0 cm³/mol. The number of hydrogen-bond acceptors (Lipinski definition) is 4. The summed E-state index contributed by atoms with van der Waals surface area (Å²) < 4.78 is 0. The molecule has 1 saturated heterocycles. The zero-order chi connectivity index (χ0) is 13.4. The lowest BCUT2D eigenvalue weighted by molar-refractivity contribution is -0.121. The van der Waals surface area contributed by atoms with Gasteiger partial charge >= 0.3 is 0 Å². The van der Waals surface area contributed by atoms with Crippen LogP contribution in [0.2, 0.25) is 0 Å². The van der Waals surface area contributed by atoms with Gasteiger partial charge in [0.1, 0.15) is 12.0 Å². The third-order valence-corrected chi connectivity index (χ3v) is 3.30. The summed E-state index contributed by atoms with van der Waals surface area (Å²) in [6, 6.07) is 5.72. The minimum atomic E-state index is -0.130. The van der Waals surface area contributed by atoms with E-state index in [9.17, 15) is 4.79 Å². The Bertz CT molecular complexity index is 725. The topological polar surface area (TPSA) is 58.1 Å². The highest BCUT2D eigenvalue weighted by Crippen LogP contribution is 2.16. The fourth-order valence-electron chi connectivity index (χ4n) is 1.88. The Hall–Kier alpha value is -2.34. The molecule has 3 rings (SSSR count). The van der Waals surface area contributed by atoms with Crippen molar-refractivity contribution in [1.82, 2.24) is 20.2 Å². The summed E-state index contributed by atoms with van der Waals surface area (Å²) in [6.45, 7) is 0. The van der Waals surface area contributed by atoms with Gasteiger partial charge in [-0.2, -0.15) is 0 Å². The standard InChI is InChI=1S/C13H10N4OS/c1-17-12(18)11(16-13(17)19)5-8-2-3-10-9(4-8)6-14-7-15-10/h2-7H,1H3,(H,16,19)/b11-5-. The van der Waals surface area contributed by atoms with Gasteiger partial charge in [0, 0.05) is 18.6 Å². The number of thiocarbonyl (C=S) groups is 1. The summed E-state index contributed by atoms with van der Waals surface area (Å²) in [5.41, 5.74) is 2.25. The molecule has 1 amide bonds. The van der Waals surface area contributed by atoms with Crippen LogP contribution in [0.15, 0.2) is 36.4 Å². The molecule has 2 heterocycles. The van der Waals surface area contributed by atoms with Crippen molar-refractivity contribution in [3.8, 4) is 0 Å². The molecule has 0 bridgehead atoms. The van der Waals surface area contributed by atoms with Crippen LogP contribution in [-0.4, -0.2) is 32.9 Å². The quantitative estimate of drug-likeness (QED) is 0.625. The first kappa shape index (κ1) is 11.7. The Morgan fingerprint density at radius 1 is 1.42 bits per heavy atom. The van der Waals surface area contributed by atoms with Crippen LogP contribution in [0.5, 0.6) is 0 Å². The maximum atomic E-state index is 11.9. The molecule has 1 aliphatic heterocycles. The first-order valence-corrected chi connectivity index (χ1v) is 6.06. The Labute approximate surface area is 115 Å². The van der Waals surface area contributed by atoms with Crippen LogP contribution in [0, 0.1) is 0 Å². The van der Waals surface area contributed by atoms with Gasteiger partial charge in [-0.25, -0.2) is 9.97 Å². The lowest BCUT2D eigenvalue weighted by atomic mass is 10.1. The number of amides is 1. The van der Waals surface area contributed by atoms with Gasteiger partial charge in [-0.15, -0.1) is 0 Å². The number of aromatic nitrogens is 2. The Balaban J connectivity index is 2.02. The van der Waals surface area contributed by atoms with E-state index in [-0.39, 0.29) is 5.91 Å². The molecule has 6 heteroatoms. The summed E-state index contributed by atoms with van der Waals surface area (Å²) in [5.74, 6) is -0.130. The average Bonchev–Trinajstić information content (AvgIpc) is 2.66. The maximum absolute atomic E-state index is 11.9. The third-order valence-electron chi connectivity index (χ3n) is 2.92. The second-order valence-electron chi connectivity index (χ2n) is 4.19. The van der Waals surface area contributed by atoms with Crippen LogP contribution in [0.25, 0.3) is 17.0 Å². The van der Waals surface area contributed by atoms with Gasteiger partial charge in [-0.3, -0.25) is 9.69 Å². The lowest BCUT2D eigenvalue weighted by Gasteiger charge is -2.02. The van der Waals surface area contributed by atoms with Crippen molar-refractivity contribution in [2.45, 2.75) is 0 Å². The predicted octanol–water partition coefficient (Wildman–Crippen LogP) is 1.32. The van der Waals surface area contributed by atoms with Gasteiger partial charge in [0.15, 0.2) is 5.11 Å². The first-order valence-electron chi connectivity index (χ1n) is 5.65. The van der Waals surface area contributed by atoms with E-state index in [1.54, 1.807) is 19.3 Å². The van der Waals surface area contributed by atoms with Gasteiger partial charge in [-0.05, 0) is 36.0 Å². The number of carbonyl (C=O) groups is 1. The van der Waals surface area contributed by atoms with E-state index in [2.05, 4.69) is 15.3 Å². The zero-order valence-corrected chi connectivity index (χ0v) is 10.9. The number of fused-ring (bicyclic) bond motifs is 1. The highest BCUT2D eigenvalue weighted by atomic mass is 32.1. The van der Waals surface area contributed by atoms with Crippen LogP contribution in [0.1, 0.15) is 5.56 Å². The molecule has 0 unspecified atom stereocenters. The molecule has 2 aromatic rings. The Kier molecular flexibility index (Phi) is 2.72. The number of carbonyl (C=O) groups excluding carboxylic acids is 1. The van der Waals surface area contributed by atoms with Crippen molar-refractivity contribution >= 4 is 40.2 Å². The molecular formula is C13H10N4OS. The number of benzene rings is 1. The van der Waals surface area contributed by atoms with Crippen LogP contribution < -0.4 is 5.32 Å². The largest absolute Gasteiger partial charge is 0.328 e. The zero-order valence-electron chi connectivity index (χ0n) is 10.1. The van der Waals surface area contributed by atoms with E-state index in [0.29, 0.717) is 10.8 Å².